The molecule has 6 heteroatoms. The van der Waals surface area contributed by atoms with Gasteiger partial charge in [-0.25, -0.2) is 4.79 Å². The molecule has 21 heavy (non-hydrogen) atoms. The topological polar surface area (TPSA) is 94.6 Å². The molecular formula is C15H12O6. The van der Waals surface area contributed by atoms with E-state index in [1.54, 1.807) is 18.2 Å². The molecule has 1 aromatic carbocycles. The Kier molecular flexibility index (Phi) is 4.07. The van der Waals surface area contributed by atoms with Crippen molar-refractivity contribution >= 4 is 29.1 Å². The predicted octanol–water partition coefficient (Wildman–Crippen LogP) is 0.239. The molecule has 0 N–H and O–H groups in total. The highest BCUT2D eigenvalue weighted by molar-refractivity contribution is 6.61. The highest BCUT2D eigenvalue weighted by atomic mass is 16.5. The van der Waals surface area contributed by atoms with Gasteiger partial charge in [0.05, 0.1) is 6.61 Å². The maximum atomic E-state index is 12.2. The van der Waals surface area contributed by atoms with E-state index in [9.17, 15) is 24.0 Å². The molecule has 1 saturated carbocycles. The molecule has 108 valence electrons. The number of carbonyl (C=O) groups excluding carboxylic acids is 5. The van der Waals surface area contributed by atoms with Crippen molar-refractivity contribution in [2.45, 2.75) is 12.8 Å². The minimum Gasteiger partial charge on any atom is -0.460 e. The minimum absolute atomic E-state index is 0.0598. The van der Waals surface area contributed by atoms with E-state index in [4.69, 9.17) is 0 Å². The fraction of sp³-hybridized carbons (Fsp3) is 0.267. The molecule has 2 atom stereocenters. The van der Waals surface area contributed by atoms with Crippen LogP contribution in [-0.4, -0.2) is 35.7 Å². The lowest BCUT2D eigenvalue weighted by Crippen LogP contribution is -2.33. The fourth-order valence-corrected chi connectivity index (χ4v) is 2.24. The highest BCUT2D eigenvalue weighted by Crippen LogP contribution is 2.30. The van der Waals surface area contributed by atoms with E-state index >= 15 is 0 Å². The van der Waals surface area contributed by atoms with Crippen molar-refractivity contribution < 1.29 is 28.7 Å². The highest BCUT2D eigenvalue weighted by Gasteiger charge is 2.54. The summed E-state index contributed by atoms with van der Waals surface area (Å²) in [7, 11) is 0. The number of rotatable bonds is 4. The summed E-state index contributed by atoms with van der Waals surface area (Å²) >= 11 is 0. The Morgan fingerprint density at radius 1 is 1.05 bits per heavy atom. The van der Waals surface area contributed by atoms with Crippen molar-refractivity contribution in [3.05, 3.63) is 35.9 Å². The molecule has 1 aliphatic carbocycles. The molecule has 0 amide bonds. The Hall–Kier alpha value is -2.63. The molecule has 0 unspecified atom stereocenters. The molecule has 1 aliphatic rings. The summed E-state index contributed by atoms with van der Waals surface area (Å²) in [5, 5.41) is 0. The molecule has 6 nitrogen and oxygen atoms in total. The summed E-state index contributed by atoms with van der Waals surface area (Å²) in [5.74, 6) is -8.72. The first-order valence-corrected chi connectivity index (χ1v) is 6.36. The first kappa shape index (κ1) is 14.8. The first-order chi connectivity index (χ1) is 9.99. The molecule has 0 aromatic heterocycles. The summed E-state index contributed by atoms with van der Waals surface area (Å²) < 4.78 is 4.48. The lowest BCUT2D eigenvalue weighted by atomic mass is 9.93. The second-order valence-corrected chi connectivity index (χ2v) is 4.49. The number of hydrogen-bond acceptors (Lipinski definition) is 6. The SMILES string of the molecule is CCOC(=O)C(=O)[C@H]1C(=O)C(=O)[C@H](c2ccccc2)C1=O. The number of esters is 1. The third-order valence-electron chi connectivity index (χ3n) is 3.21. The maximum absolute atomic E-state index is 12.2. The fourth-order valence-electron chi connectivity index (χ4n) is 2.24. The monoisotopic (exact) mass is 288 g/mol. The van der Waals surface area contributed by atoms with Gasteiger partial charge in [-0.3, -0.25) is 19.2 Å². The van der Waals surface area contributed by atoms with Crippen LogP contribution in [0.5, 0.6) is 0 Å². The molecule has 0 saturated heterocycles. The number of Topliss-reactive ketones (excluding diaryl/α,β-unsaturated/α-hetero) is 4. The molecule has 2 rings (SSSR count). The second kappa shape index (κ2) is 5.78. The largest absolute Gasteiger partial charge is 0.460 e. The van der Waals surface area contributed by atoms with E-state index in [0.717, 1.165) is 0 Å². The van der Waals surface area contributed by atoms with Crippen LogP contribution in [0.1, 0.15) is 18.4 Å². The van der Waals surface area contributed by atoms with Crippen LogP contribution in [0.3, 0.4) is 0 Å². The summed E-state index contributed by atoms with van der Waals surface area (Å²) in [6, 6.07) is 7.95. The van der Waals surface area contributed by atoms with Crippen molar-refractivity contribution in [1.82, 2.24) is 0 Å². The average molecular weight is 288 g/mol. The zero-order chi connectivity index (χ0) is 15.6. The molecule has 0 spiro atoms. The third-order valence-corrected chi connectivity index (χ3v) is 3.21. The van der Waals surface area contributed by atoms with E-state index < -0.39 is 40.9 Å². The number of benzene rings is 1. The van der Waals surface area contributed by atoms with E-state index in [2.05, 4.69) is 4.74 Å². The van der Waals surface area contributed by atoms with Crippen molar-refractivity contribution in [2.75, 3.05) is 6.61 Å². The van der Waals surface area contributed by atoms with Gasteiger partial charge < -0.3 is 4.74 Å². The Morgan fingerprint density at radius 3 is 2.24 bits per heavy atom. The average Bonchev–Trinajstić information content (AvgIpc) is 2.70. The minimum atomic E-state index is -1.87. The van der Waals surface area contributed by atoms with E-state index in [0.29, 0.717) is 5.56 Å². The molecule has 1 fully saturated rings. The van der Waals surface area contributed by atoms with E-state index in [1.807, 2.05) is 0 Å². The summed E-state index contributed by atoms with van der Waals surface area (Å²) in [4.78, 5) is 59.2. The lowest BCUT2D eigenvalue weighted by Gasteiger charge is -2.07. The molecule has 1 aromatic rings. The van der Waals surface area contributed by atoms with Crippen molar-refractivity contribution in [3.63, 3.8) is 0 Å². The van der Waals surface area contributed by atoms with Crippen LogP contribution in [0.4, 0.5) is 0 Å². The van der Waals surface area contributed by atoms with Crippen molar-refractivity contribution in [3.8, 4) is 0 Å². The molecule has 0 radical (unpaired) electrons. The first-order valence-electron chi connectivity index (χ1n) is 6.36. The Bertz CT molecular complexity index is 631. The summed E-state index contributed by atoms with van der Waals surface area (Å²) in [6.07, 6.45) is 0. The smallest absolute Gasteiger partial charge is 0.375 e. The third kappa shape index (κ3) is 2.52. The van der Waals surface area contributed by atoms with Crippen molar-refractivity contribution in [1.29, 1.82) is 0 Å². The van der Waals surface area contributed by atoms with Gasteiger partial charge in [-0.15, -0.1) is 0 Å². The lowest BCUT2D eigenvalue weighted by molar-refractivity contribution is -0.157. The van der Waals surface area contributed by atoms with Crippen LogP contribution in [-0.2, 0) is 28.7 Å². The zero-order valence-corrected chi connectivity index (χ0v) is 11.2. The van der Waals surface area contributed by atoms with Gasteiger partial charge in [-0.2, -0.15) is 0 Å². The van der Waals surface area contributed by atoms with Crippen LogP contribution in [0.25, 0.3) is 0 Å². The van der Waals surface area contributed by atoms with Crippen LogP contribution < -0.4 is 0 Å². The van der Waals surface area contributed by atoms with Gasteiger partial charge in [0.25, 0.3) is 5.78 Å². The van der Waals surface area contributed by atoms with Crippen LogP contribution in [0.15, 0.2) is 30.3 Å². The van der Waals surface area contributed by atoms with Gasteiger partial charge in [0.15, 0.2) is 11.7 Å². The normalized spacial score (nSPS) is 21.5. The van der Waals surface area contributed by atoms with Gasteiger partial charge in [0.1, 0.15) is 5.92 Å². The van der Waals surface area contributed by atoms with Gasteiger partial charge in [-0.05, 0) is 12.5 Å². The zero-order valence-electron chi connectivity index (χ0n) is 11.2. The number of ether oxygens (including phenoxy) is 1. The molecule has 0 bridgehead atoms. The maximum Gasteiger partial charge on any atom is 0.375 e. The molecular weight excluding hydrogens is 276 g/mol. The standard InChI is InChI=1S/C15H12O6/c1-2-21-15(20)14(19)10-11(16)9(12(17)13(10)18)8-6-4-3-5-7-8/h3-7,9-10H,2H2,1H3/t9-,10-/m1/s1. The van der Waals surface area contributed by atoms with Crippen molar-refractivity contribution in [2.24, 2.45) is 5.92 Å². The van der Waals surface area contributed by atoms with Crippen LogP contribution in [0.2, 0.25) is 0 Å². The number of hydrogen-bond donors (Lipinski definition) is 0. The van der Waals surface area contributed by atoms with Gasteiger partial charge in [-0.1, -0.05) is 30.3 Å². The summed E-state index contributed by atoms with van der Waals surface area (Å²) in [5.41, 5.74) is 0.333. The predicted molar refractivity (Wildman–Crippen MR) is 69.3 cm³/mol. The van der Waals surface area contributed by atoms with E-state index in [-0.39, 0.29) is 6.61 Å². The van der Waals surface area contributed by atoms with E-state index in [1.165, 1.54) is 19.1 Å². The molecule has 0 heterocycles. The second-order valence-electron chi connectivity index (χ2n) is 4.49. The van der Waals surface area contributed by atoms with Gasteiger partial charge in [0, 0.05) is 0 Å². The Balaban J connectivity index is 2.33. The number of ketones is 4. The number of carbonyl (C=O) groups is 5. The van der Waals surface area contributed by atoms with Crippen LogP contribution in [0, 0.1) is 5.92 Å². The molecule has 0 aliphatic heterocycles. The Morgan fingerprint density at radius 2 is 1.67 bits per heavy atom. The van der Waals surface area contributed by atoms with Gasteiger partial charge in [0.2, 0.25) is 11.6 Å². The summed E-state index contributed by atoms with van der Waals surface area (Å²) in [6.45, 7) is 1.43. The quantitative estimate of drug-likeness (QED) is 0.447. The van der Waals surface area contributed by atoms with Gasteiger partial charge >= 0.3 is 5.97 Å². The Labute approximate surface area is 120 Å². The van der Waals surface area contributed by atoms with Crippen LogP contribution >= 0.6 is 0 Å².